The molecule has 0 fully saturated rings. The zero-order valence-electron chi connectivity index (χ0n) is 10.1. The van der Waals surface area contributed by atoms with E-state index in [0.29, 0.717) is 5.56 Å². The molecule has 8 heteroatoms. The number of aromatic amines is 1. The van der Waals surface area contributed by atoms with Crippen LogP contribution in [0.25, 0.3) is 6.08 Å². The molecule has 0 spiro atoms. The van der Waals surface area contributed by atoms with Crippen molar-refractivity contribution in [2.45, 2.75) is 4.90 Å². The summed E-state index contributed by atoms with van der Waals surface area (Å²) >= 11 is 0. The molecule has 0 amide bonds. The molecule has 0 aliphatic heterocycles. The van der Waals surface area contributed by atoms with E-state index in [1.165, 1.54) is 42.6 Å². The number of nitrogens with one attached hydrogen (secondary N) is 2. The van der Waals surface area contributed by atoms with Crippen molar-refractivity contribution in [3.05, 3.63) is 48.2 Å². The van der Waals surface area contributed by atoms with Gasteiger partial charge in [0.15, 0.2) is 0 Å². The Bertz CT molecular complexity index is 719. The lowest BCUT2D eigenvalue weighted by Crippen LogP contribution is -2.13. The van der Waals surface area contributed by atoms with Gasteiger partial charge in [-0.2, -0.15) is 5.10 Å². The largest absolute Gasteiger partial charge is 0.478 e. The van der Waals surface area contributed by atoms with Gasteiger partial charge in [0.2, 0.25) is 0 Å². The molecule has 0 aliphatic carbocycles. The Morgan fingerprint density at radius 2 is 1.95 bits per heavy atom. The number of hydrogen-bond acceptors (Lipinski definition) is 4. The minimum atomic E-state index is -3.69. The van der Waals surface area contributed by atoms with Crippen molar-refractivity contribution in [1.29, 1.82) is 0 Å². The van der Waals surface area contributed by atoms with Crippen molar-refractivity contribution in [2.75, 3.05) is 4.72 Å². The average Bonchev–Trinajstić information content (AvgIpc) is 2.89. The monoisotopic (exact) mass is 293 g/mol. The fourth-order valence-corrected chi connectivity index (χ4v) is 2.46. The third kappa shape index (κ3) is 3.45. The van der Waals surface area contributed by atoms with E-state index in [0.717, 1.165) is 6.08 Å². The fraction of sp³-hybridized carbons (Fsp3) is 0. The SMILES string of the molecule is O=C(O)C=Cc1ccc(S(=O)(=O)Nc2ccn[nH]2)cc1. The summed E-state index contributed by atoms with van der Waals surface area (Å²) in [6, 6.07) is 7.30. The average molecular weight is 293 g/mol. The first-order valence-corrected chi connectivity index (χ1v) is 6.99. The normalized spacial score (nSPS) is 11.6. The molecular formula is C12H11N3O4S. The number of carboxylic acids is 1. The highest BCUT2D eigenvalue weighted by Gasteiger charge is 2.14. The standard InChI is InChI=1S/C12H11N3O4S/c16-12(17)6-3-9-1-4-10(5-2-9)20(18,19)15-11-7-8-13-14-11/h1-8H,(H,16,17)(H2,13,14,15). The number of anilines is 1. The summed E-state index contributed by atoms with van der Waals surface area (Å²) in [5.74, 6) is -0.803. The molecule has 0 aliphatic rings. The number of aliphatic carboxylic acids is 1. The van der Waals surface area contributed by atoms with Gasteiger partial charge in [0.25, 0.3) is 10.0 Å². The lowest BCUT2D eigenvalue weighted by Gasteiger charge is -2.05. The summed E-state index contributed by atoms with van der Waals surface area (Å²) in [4.78, 5) is 10.4. The number of nitrogens with zero attached hydrogens (tertiary/aromatic N) is 1. The molecule has 2 rings (SSSR count). The summed E-state index contributed by atoms with van der Waals surface area (Å²) < 4.78 is 26.3. The van der Waals surface area contributed by atoms with E-state index in [1.54, 1.807) is 0 Å². The molecule has 0 unspecified atom stereocenters. The van der Waals surface area contributed by atoms with Gasteiger partial charge in [-0.05, 0) is 23.8 Å². The quantitative estimate of drug-likeness (QED) is 0.719. The lowest BCUT2D eigenvalue weighted by molar-refractivity contribution is -0.131. The zero-order valence-corrected chi connectivity index (χ0v) is 11.0. The summed E-state index contributed by atoms with van der Waals surface area (Å²) in [5, 5.41) is 14.6. The number of benzene rings is 1. The molecule has 104 valence electrons. The Hall–Kier alpha value is -2.61. The highest BCUT2D eigenvalue weighted by Crippen LogP contribution is 2.15. The van der Waals surface area contributed by atoms with Crippen LogP contribution in [0.5, 0.6) is 0 Å². The Morgan fingerprint density at radius 3 is 2.50 bits per heavy atom. The van der Waals surface area contributed by atoms with Crippen molar-refractivity contribution >= 4 is 27.9 Å². The van der Waals surface area contributed by atoms with E-state index < -0.39 is 16.0 Å². The van der Waals surface area contributed by atoms with Gasteiger partial charge in [-0.1, -0.05) is 12.1 Å². The maximum absolute atomic E-state index is 12.0. The predicted molar refractivity (Wildman–Crippen MR) is 72.5 cm³/mol. The molecule has 2 aromatic rings. The molecule has 3 N–H and O–H groups in total. The van der Waals surface area contributed by atoms with Crippen LogP contribution in [-0.2, 0) is 14.8 Å². The number of rotatable bonds is 5. The molecule has 0 radical (unpaired) electrons. The first-order chi connectivity index (χ1) is 9.47. The van der Waals surface area contributed by atoms with Crippen LogP contribution in [0.2, 0.25) is 0 Å². The van der Waals surface area contributed by atoms with Gasteiger partial charge >= 0.3 is 5.97 Å². The molecule has 0 saturated heterocycles. The second-order valence-electron chi connectivity index (χ2n) is 3.82. The van der Waals surface area contributed by atoms with E-state index >= 15 is 0 Å². The number of aromatic nitrogens is 2. The van der Waals surface area contributed by atoms with Gasteiger partial charge in [-0.15, -0.1) is 0 Å². The lowest BCUT2D eigenvalue weighted by atomic mass is 10.2. The Labute approximate surface area is 115 Å². The highest BCUT2D eigenvalue weighted by molar-refractivity contribution is 7.92. The predicted octanol–water partition coefficient (Wildman–Crippen LogP) is 1.31. The second-order valence-corrected chi connectivity index (χ2v) is 5.50. The highest BCUT2D eigenvalue weighted by atomic mass is 32.2. The third-order valence-electron chi connectivity index (χ3n) is 2.35. The maximum Gasteiger partial charge on any atom is 0.328 e. The van der Waals surface area contributed by atoms with Crippen LogP contribution < -0.4 is 4.72 Å². The second kappa shape index (κ2) is 5.57. The zero-order chi connectivity index (χ0) is 14.6. The maximum atomic E-state index is 12.0. The number of carbonyl (C=O) groups is 1. The molecule has 1 aromatic carbocycles. The van der Waals surface area contributed by atoms with Crippen LogP contribution in [0, 0.1) is 0 Å². The molecule has 0 saturated carbocycles. The minimum absolute atomic E-state index is 0.0691. The number of H-pyrrole nitrogens is 1. The minimum Gasteiger partial charge on any atom is -0.478 e. The van der Waals surface area contributed by atoms with E-state index in [1.807, 2.05) is 0 Å². The fourth-order valence-electron chi connectivity index (χ4n) is 1.44. The first-order valence-electron chi connectivity index (χ1n) is 5.51. The molecular weight excluding hydrogens is 282 g/mol. The van der Waals surface area contributed by atoms with E-state index in [4.69, 9.17) is 5.11 Å². The van der Waals surface area contributed by atoms with Crippen molar-refractivity contribution in [1.82, 2.24) is 10.2 Å². The summed E-state index contributed by atoms with van der Waals surface area (Å²) in [6.45, 7) is 0. The smallest absolute Gasteiger partial charge is 0.328 e. The van der Waals surface area contributed by atoms with Gasteiger partial charge in [0.1, 0.15) is 5.82 Å². The molecule has 0 bridgehead atoms. The molecule has 0 atom stereocenters. The summed E-state index contributed by atoms with van der Waals surface area (Å²) in [5.41, 5.74) is 0.591. The van der Waals surface area contributed by atoms with Gasteiger partial charge in [-0.25, -0.2) is 13.2 Å². The topological polar surface area (TPSA) is 112 Å². The number of hydrogen-bond donors (Lipinski definition) is 3. The van der Waals surface area contributed by atoms with Gasteiger partial charge in [0.05, 0.1) is 11.1 Å². The van der Waals surface area contributed by atoms with Crippen LogP contribution >= 0.6 is 0 Å². The van der Waals surface area contributed by atoms with E-state index in [-0.39, 0.29) is 10.7 Å². The van der Waals surface area contributed by atoms with Gasteiger partial charge in [0, 0.05) is 12.1 Å². The van der Waals surface area contributed by atoms with Gasteiger partial charge < -0.3 is 5.11 Å². The number of sulfonamides is 1. The van der Waals surface area contributed by atoms with Crippen LogP contribution in [0.15, 0.2) is 47.5 Å². The van der Waals surface area contributed by atoms with E-state index in [9.17, 15) is 13.2 Å². The number of carboxylic acid groups (broad SMARTS) is 1. The van der Waals surface area contributed by atoms with Crippen LogP contribution in [0.3, 0.4) is 0 Å². The van der Waals surface area contributed by atoms with Crippen molar-refractivity contribution in [3.63, 3.8) is 0 Å². The Kier molecular flexibility index (Phi) is 3.85. The molecule has 7 nitrogen and oxygen atoms in total. The molecule has 1 aromatic heterocycles. The third-order valence-corrected chi connectivity index (χ3v) is 3.74. The Balaban J connectivity index is 2.19. The molecule has 1 heterocycles. The van der Waals surface area contributed by atoms with Gasteiger partial charge in [-0.3, -0.25) is 9.82 Å². The van der Waals surface area contributed by atoms with Crippen molar-refractivity contribution in [3.8, 4) is 0 Å². The van der Waals surface area contributed by atoms with Crippen LogP contribution in [0.4, 0.5) is 5.82 Å². The van der Waals surface area contributed by atoms with Crippen LogP contribution in [0.1, 0.15) is 5.56 Å². The Morgan fingerprint density at radius 1 is 1.25 bits per heavy atom. The summed E-state index contributed by atoms with van der Waals surface area (Å²) in [7, 11) is -3.69. The van der Waals surface area contributed by atoms with E-state index in [2.05, 4.69) is 14.9 Å². The summed E-state index contributed by atoms with van der Waals surface area (Å²) in [6.07, 6.45) is 3.78. The van der Waals surface area contributed by atoms with Crippen LogP contribution in [-0.4, -0.2) is 29.7 Å². The first kappa shape index (κ1) is 13.8. The molecule has 20 heavy (non-hydrogen) atoms. The van der Waals surface area contributed by atoms with Crippen molar-refractivity contribution < 1.29 is 18.3 Å². The van der Waals surface area contributed by atoms with Crippen molar-refractivity contribution in [2.24, 2.45) is 0 Å².